The highest BCUT2D eigenvalue weighted by atomic mass is 16.5. The summed E-state index contributed by atoms with van der Waals surface area (Å²) in [4.78, 5) is 12.1. The second-order valence-corrected chi connectivity index (χ2v) is 4.31. The summed E-state index contributed by atoms with van der Waals surface area (Å²) >= 11 is 0. The summed E-state index contributed by atoms with van der Waals surface area (Å²) in [6.07, 6.45) is 0.992. The highest BCUT2D eigenvalue weighted by Crippen LogP contribution is 2.24. The van der Waals surface area contributed by atoms with Gasteiger partial charge in [0, 0.05) is 12.2 Å². The Balaban J connectivity index is 2.75. The molecule has 0 fully saturated rings. The SMILES string of the molecule is CCCC(O)CNC(=O)c1c(N)cccc1OCC. The number of nitrogen functional groups attached to an aromatic ring is 1. The van der Waals surface area contributed by atoms with Gasteiger partial charge in [-0.3, -0.25) is 4.79 Å². The van der Waals surface area contributed by atoms with Crippen molar-refractivity contribution >= 4 is 11.6 Å². The molecule has 0 spiro atoms. The van der Waals surface area contributed by atoms with E-state index in [1.807, 2.05) is 13.8 Å². The molecule has 0 aliphatic rings. The molecule has 0 saturated heterocycles. The third kappa shape index (κ3) is 4.44. The summed E-state index contributed by atoms with van der Waals surface area (Å²) in [5.74, 6) is 0.140. The van der Waals surface area contributed by atoms with E-state index in [1.165, 1.54) is 0 Å². The van der Waals surface area contributed by atoms with Crippen LogP contribution < -0.4 is 15.8 Å². The number of carbonyl (C=O) groups excluding carboxylic acids is 1. The minimum absolute atomic E-state index is 0.215. The highest BCUT2D eigenvalue weighted by molar-refractivity contribution is 6.01. The van der Waals surface area contributed by atoms with E-state index >= 15 is 0 Å². The fourth-order valence-corrected chi connectivity index (χ4v) is 1.80. The van der Waals surface area contributed by atoms with Crippen LogP contribution in [0.2, 0.25) is 0 Å². The third-order valence-corrected chi connectivity index (χ3v) is 2.71. The van der Waals surface area contributed by atoms with Gasteiger partial charge in [0.1, 0.15) is 11.3 Å². The zero-order chi connectivity index (χ0) is 14.3. The Hall–Kier alpha value is -1.75. The van der Waals surface area contributed by atoms with Crippen molar-refractivity contribution in [1.29, 1.82) is 0 Å². The van der Waals surface area contributed by atoms with E-state index in [-0.39, 0.29) is 12.5 Å². The molecule has 1 amide bonds. The van der Waals surface area contributed by atoms with Crippen LogP contribution in [0.25, 0.3) is 0 Å². The van der Waals surface area contributed by atoms with Crippen LogP contribution in [0.5, 0.6) is 5.75 Å². The number of aliphatic hydroxyl groups is 1. The minimum Gasteiger partial charge on any atom is -0.493 e. The molecule has 0 aliphatic carbocycles. The Morgan fingerprint density at radius 2 is 2.21 bits per heavy atom. The molecule has 1 aromatic rings. The van der Waals surface area contributed by atoms with Gasteiger partial charge in [-0.2, -0.15) is 0 Å². The molecule has 0 bridgehead atoms. The fraction of sp³-hybridized carbons (Fsp3) is 0.500. The molecule has 5 heteroatoms. The Labute approximate surface area is 113 Å². The maximum atomic E-state index is 12.1. The number of rotatable bonds is 7. The average molecular weight is 266 g/mol. The molecule has 0 aromatic heterocycles. The van der Waals surface area contributed by atoms with E-state index < -0.39 is 6.10 Å². The van der Waals surface area contributed by atoms with Crippen molar-refractivity contribution in [3.63, 3.8) is 0 Å². The molecule has 0 saturated carbocycles. The van der Waals surface area contributed by atoms with Gasteiger partial charge in [0.25, 0.3) is 5.91 Å². The molecule has 4 N–H and O–H groups in total. The molecule has 1 unspecified atom stereocenters. The van der Waals surface area contributed by atoms with Crippen molar-refractivity contribution in [3.8, 4) is 5.75 Å². The van der Waals surface area contributed by atoms with Crippen LogP contribution in [0.4, 0.5) is 5.69 Å². The van der Waals surface area contributed by atoms with Gasteiger partial charge >= 0.3 is 0 Å². The normalized spacial score (nSPS) is 11.9. The maximum absolute atomic E-state index is 12.1. The zero-order valence-corrected chi connectivity index (χ0v) is 11.5. The van der Waals surface area contributed by atoms with Crippen LogP contribution in [0.3, 0.4) is 0 Å². The van der Waals surface area contributed by atoms with Gasteiger partial charge in [-0.15, -0.1) is 0 Å². The molecular formula is C14H22N2O3. The molecule has 1 rings (SSSR count). The molecule has 0 radical (unpaired) electrons. The van der Waals surface area contributed by atoms with Crippen molar-refractivity contribution < 1.29 is 14.6 Å². The number of nitrogens with one attached hydrogen (secondary N) is 1. The Bertz CT molecular complexity index is 421. The predicted molar refractivity (Wildman–Crippen MR) is 75.3 cm³/mol. The van der Waals surface area contributed by atoms with Crippen LogP contribution >= 0.6 is 0 Å². The Morgan fingerprint density at radius 3 is 2.84 bits per heavy atom. The van der Waals surface area contributed by atoms with Crippen molar-refractivity contribution in [3.05, 3.63) is 23.8 Å². The summed E-state index contributed by atoms with van der Waals surface area (Å²) in [5.41, 5.74) is 6.51. The van der Waals surface area contributed by atoms with Gasteiger partial charge in [-0.25, -0.2) is 0 Å². The zero-order valence-electron chi connectivity index (χ0n) is 11.5. The third-order valence-electron chi connectivity index (χ3n) is 2.71. The van der Waals surface area contributed by atoms with Crippen molar-refractivity contribution in [2.24, 2.45) is 0 Å². The number of benzene rings is 1. The van der Waals surface area contributed by atoms with Crippen LogP contribution in [0.1, 0.15) is 37.0 Å². The largest absolute Gasteiger partial charge is 0.493 e. The van der Waals surface area contributed by atoms with E-state index in [1.54, 1.807) is 18.2 Å². The summed E-state index contributed by atoms with van der Waals surface area (Å²) < 4.78 is 5.39. The maximum Gasteiger partial charge on any atom is 0.257 e. The lowest BCUT2D eigenvalue weighted by Crippen LogP contribution is -2.32. The van der Waals surface area contributed by atoms with E-state index in [0.717, 1.165) is 6.42 Å². The van der Waals surface area contributed by atoms with Crippen LogP contribution in [-0.2, 0) is 0 Å². The van der Waals surface area contributed by atoms with Crippen molar-refractivity contribution in [1.82, 2.24) is 5.32 Å². The first-order chi connectivity index (χ1) is 9.10. The average Bonchev–Trinajstić information content (AvgIpc) is 2.37. The first-order valence-electron chi connectivity index (χ1n) is 6.57. The fourth-order valence-electron chi connectivity index (χ4n) is 1.80. The number of ether oxygens (including phenoxy) is 1. The molecule has 5 nitrogen and oxygen atoms in total. The molecule has 19 heavy (non-hydrogen) atoms. The number of anilines is 1. The number of aliphatic hydroxyl groups excluding tert-OH is 1. The Kier molecular flexibility index (Phi) is 6.15. The number of amides is 1. The van der Waals surface area contributed by atoms with E-state index in [9.17, 15) is 9.90 Å². The minimum atomic E-state index is -0.533. The van der Waals surface area contributed by atoms with Crippen LogP contribution in [-0.4, -0.2) is 30.3 Å². The van der Waals surface area contributed by atoms with Gasteiger partial charge in [-0.05, 0) is 25.5 Å². The first-order valence-corrected chi connectivity index (χ1v) is 6.57. The van der Waals surface area contributed by atoms with Gasteiger partial charge in [0.15, 0.2) is 0 Å². The predicted octanol–water partition coefficient (Wildman–Crippen LogP) is 1.56. The summed E-state index contributed by atoms with van der Waals surface area (Å²) in [7, 11) is 0. The second-order valence-electron chi connectivity index (χ2n) is 4.31. The molecule has 106 valence electrons. The smallest absolute Gasteiger partial charge is 0.257 e. The van der Waals surface area contributed by atoms with Crippen molar-refractivity contribution in [2.45, 2.75) is 32.8 Å². The first kappa shape index (κ1) is 15.3. The van der Waals surface area contributed by atoms with Crippen molar-refractivity contribution in [2.75, 3.05) is 18.9 Å². The molecule has 0 heterocycles. The van der Waals surface area contributed by atoms with Gasteiger partial charge in [0.05, 0.1) is 12.7 Å². The quantitative estimate of drug-likeness (QED) is 0.654. The van der Waals surface area contributed by atoms with Crippen LogP contribution in [0.15, 0.2) is 18.2 Å². The van der Waals surface area contributed by atoms with Gasteiger partial charge in [0.2, 0.25) is 0 Å². The topological polar surface area (TPSA) is 84.6 Å². The number of hydrogen-bond acceptors (Lipinski definition) is 4. The van der Waals surface area contributed by atoms with Crippen LogP contribution in [0, 0.1) is 0 Å². The number of carbonyl (C=O) groups is 1. The summed E-state index contributed by atoms with van der Waals surface area (Å²) in [5, 5.41) is 12.3. The molecular weight excluding hydrogens is 244 g/mol. The molecule has 0 aliphatic heterocycles. The molecule has 1 aromatic carbocycles. The van der Waals surface area contributed by atoms with E-state index in [2.05, 4.69) is 5.32 Å². The van der Waals surface area contributed by atoms with Gasteiger partial charge in [-0.1, -0.05) is 19.4 Å². The lowest BCUT2D eigenvalue weighted by Gasteiger charge is -2.14. The highest BCUT2D eigenvalue weighted by Gasteiger charge is 2.16. The monoisotopic (exact) mass is 266 g/mol. The molecule has 1 atom stereocenters. The second kappa shape index (κ2) is 7.63. The lowest BCUT2D eigenvalue weighted by atomic mass is 10.1. The van der Waals surface area contributed by atoms with Gasteiger partial charge < -0.3 is 20.9 Å². The Morgan fingerprint density at radius 1 is 1.47 bits per heavy atom. The lowest BCUT2D eigenvalue weighted by molar-refractivity contribution is 0.0907. The van der Waals surface area contributed by atoms with E-state index in [4.69, 9.17) is 10.5 Å². The number of hydrogen-bond donors (Lipinski definition) is 3. The number of nitrogens with two attached hydrogens (primary N) is 1. The summed E-state index contributed by atoms with van der Waals surface area (Å²) in [6.45, 7) is 4.50. The standard InChI is InChI=1S/C14H22N2O3/c1-3-6-10(17)9-16-14(18)13-11(15)7-5-8-12(13)19-4-2/h5,7-8,10,17H,3-4,6,9,15H2,1-2H3,(H,16,18). The van der Waals surface area contributed by atoms with E-state index in [0.29, 0.717) is 30.0 Å². The summed E-state index contributed by atoms with van der Waals surface area (Å²) in [6, 6.07) is 5.10.